The highest BCUT2D eigenvalue weighted by Crippen LogP contribution is 2.12. The van der Waals surface area contributed by atoms with Crippen LogP contribution in [0.15, 0.2) is 36.6 Å². The summed E-state index contributed by atoms with van der Waals surface area (Å²) in [7, 11) is 0. The van der Waals surface area contributed by atoms with E-state index in [1.165, 1.54) is 12.8 Å². The summed E-state index contributed by atoms with van der Waals surface area (Å²) in [5.74, 6) is 0. The average Bonchev–Trinajstić information content (AvgIpc) is 2.04. The summed E-state index contributed by atoms with van der Waals surface area (Å²) < 4.78 is 0. The van der Waals surface area contributed by atoms with Crippen molar-refractivity contribution in [1.82, 2.24) is 5.32 Å². The summed E-state index contributed by atoms with van der Waals surface area (Å²) in [4.78, 5) is 0. The molecule has 1 nitrogen and oxygen atoms in total. The number of unbranched alkanes of at least 4 members (excludes halogenated alkanes) is 1. The zero-order chi connectivity index (χ0) is 10.3. The van der Waals surface area contributed by atoms with Gasteiger partial charge in [0.2, 0.25) is 0 Å². The van der Waals surface area contributed by atoms with Crippen LogP contribution in [0.4, 0.5) is 0 Å². The quantitative estimate of drug-likeness (QED) is 0.466. The van der Waals surface area contributed by atoms with Crippen LogP contribution in [0.1, 0.15) is 33.1 Å². The number of hydrogen-bond acceptors (Lipinski definition) is 1. The van der Waals surface area contributed by atoms with Crippen molar-refractivity contribution in [3.05, 3.63) is 36.6 Å². The van der Waals surface area contributed by atoms with Gasteiger partial charge in [-0.3, -0.25) is 0 Å². The van der Waals surface area contributed by atoms with E-state index in [4.69, 9.17) is 0 Å². The fourth-order valence-corrected chi connectivity index (χ4v) is 0.913. The SMILES string of the molecule is C=C(CC(=C)C(=C)C)NCCCC. The summed E-state index contributed by atoms with van der Waals surface area (Å²) >= 11 is 0. The van der Waals surface area contributed by atoms with E-state index in [0.29, 0.717) is 0 Å². The molecule has 0 bridgehead atoms. The molecule has 1 heteroatoms. The molecule has 0 saturated carbocycles. The molecule has 0 aliphatic heterocycles. The Morgan fingerprint density at radius 1 is 1.23 bits per heavy atom. The topological polar surface area (TPSA) is 12.0 Å². The number of nitrogens with one attached hydrogen (secondary N) is 1. The van der Waals surface area contributed by atoms with Crippen LogP contribution in [0, 0.1) is 0 Å². The largest absolute Gasteiger partial charge is 0.389 e. The van der Waals surface area contributed by atoms with Crippen molar-refractivity contribution >= 4 is 0 Å². The molecule has 0 aromatic carbocycles. The van der Waals surface area contributed by atoms with E-state index in [9.17, 15) is 0 Å². The molecule has 0 atom stereocenters. The minimum atomic E-state index is 0.818. The summed E-state index contributed by atoms with van der Waals surface area (Å²) in [6.07, 6.45) is 3.22. The molecular formula is C12H21N. The van der Waals surface area contributed by atoms with Crippen molar-refractivity contribution in [2.75, 3.05) is 6.54 Å². The van der Waals surface area contributed by atoms with Gasteiger partial charge in [-0.05, 0) is 18.9 Å². The second-order valence-electron chi connectivity index (χ2n) is 3.44. The Labute approximate surface area is 82.2 Å². The van der Waals surface area contributed by atoms with Crippen molar-refractivity contribution in [2.45, 2.75) is 33.1 Å². The van der Waals surface area contributed by atoms with Gasteiger partial charge >= 0.3 is 0 Å². The van der Waals surface area contributed by atoms with Gasteiger partial charge in [0.1, 0.15) is 0 Å². The predicted molar refractivity (Wildman–Crippen MR) is 60.6 cm³/mol. The van der Waals surface area contributed by atoms with Crippen molar-refractivity contribution in [2.24, 2.45) is 0 Å². The second kappa shape index (κ2) is 6.53. The minimum Gasteiger partial charge on any atom is -0.389 e. The zero-order valence-corrected chi connectivity index (χ0v) is 8.95. The standard InChI is InChI=1S/C12H21N/c1-6-7-8-13-12(5)9-11(4)10(2)3/h13H,2,4-9H2,1,3H3. The maximum Gasteiger partial charge on any atom is 0.0143 e. The monoisotopic (exact) mass is 179 g/mol. The van der Waals surface area contributed by atoms with Crippen molar-refractivity contribution < 1.29 is 0 Å². The van der Waals surface area contributed by atoms with Crippen molar-refractivity contribution in [3.63, 3.8) is 0 Å². The number of allylic oxidation sites excluding steroid dienone is 2. The summed E-state index contributed by atoms with van der Waals surface area (Å²) in [6.45, 7) is 16.9. The second-order valence-corrected chi connectivity index (χ2v) is 3.44. The summed E-state index contributed by atoms with van der Waals surface area (Å²) in [5, 5.41) is 3.27. The Balaban J connectivity index is 3.62. The number of hydrogen-bond donors (Lipinski definition) is 1. The molecule has 0 aliphatic carbocycles. The molecule has 0 aliphatic rings. The highest BCUT2D eigenvalue weighted by atomic mass is 14.9. The van der Waals surface area contributed by atoms with Gasteiger partial charge in [0.25, 0.3) is 0 Å². The maximum absolute atomic E-state index is 3.94. The van der Waals surface area contributed by atoms with Crippen LogP contribution in [0.3, 0.4) is 0 Å². The highest BCUT2D eigenvalue weighted by Gasteiger charge is 1.97. The predicted octanol–water partition coefficient (Wildman–Crippen LogP) is 3.41. The lowest BCUT2D eigenvalue weighted by Crippen LogP contribution is -2.14. The first-order valence-electron chi connectivity index (χ1n) is 4.83. The van der Waals surface area contributed by atoms with Crippen LogP contribution in [0.2, 0.25) is 0 Å². The Morgan fingerprint density at radius 3 is 2.31 bits per heavy atom. The van der Waals surface area contributed by atoms with E-state index in [1.54, 1.807) is 0 Å². The van der Waals surface area contributed by atoms with Gasteiger partial charge in [0.15, 0.2) is 0 Å². The molecule has 0 amide bonds. The molecule has 0 aromatic heterocycles. The first kappa shape index (κ1) is 12.0. The Morgan fingerprint density at radius 2 is 1.85 bits per heavy atom. The van der Waals surface area contributed by atoms with Gasteiger partial charge in [0, 0.05) is 18.7 Å². The average molecular weight is 179 g/mol. The molecule has 74 valence electrons. The molecule has 0 radical (unpaired) electrons. The fourth-order valence-electron chi connectivity index (χ4n) is 0.913. The van der Waals surface area contributed by atoms with Gasteiger partial charge in [-0.25, -0.2) is 0 Å². The van der Waals surface area contributed by atoms with E-state index in [2.05, 4.69) is 32.0 Å². The lowest BCUT2D eigenvalue weighted by atomic mass is 10.1. The van der Waals surface area contributed by atoms with Crippen LogP contribution in [-0.4, -0.2) is 6.54 Å². The van der Waals surface area contributed by atoms with Gasteiger partial charge in [0.05, 0.1) is 0 Å². The molecule has 0 fully saturated rings. The Bertz CT molecular complexity index is 201. The molecule has 0 rings (SSSR count). The van der Waals surface area contributed by atoms with Gasteiger partial charge in [-0.2, -0.15) is 0 Å². The third kappa shape index (κ3) is 6.21. The van der Waals surface area contributed by atoms with Crippen LogP contribution in [0.25, 0.3) is 0 Å². The lowest BCUT2D eigenvalue weighted by molar-refractivity contribution is 0.700. The van der Waals surface area contributed by atoms with Crippen molar-refractivity contribution in [1.29, 1.82) is 0 Å². The molecule has 1 N–H and O–H groups in total. The molecule has 0 heterocycles. The smallest absolute Gasteiger partial charge is 0.0143 e. The van der Waals surface area contributed by atoms with Crippen LogP contribution in [-0.2, 0) is 0 Å². The van der Waals surface area contributed by atoms with Gasteiger partial charge in [-0.1, -0.05) is 38.7 Å². The first-order chi connectivity index (χ1) is 6.07. The summed E-state index contributed by atoms with van der Waals surface area (Å²) in [6, 6.07) is 0. The molecule has 13 heavy (non-hydrogen) atoms. The lowest BCUT2D eigenvalue weighted by Gasteiger charge is -2.10. The van der Waals surface area contributed by atoms with Crippen LogP contribution >= 0.6 is 0 Å². The third-order valence-corrected chi connectivity index (χ3v) is 1.94. The zero-order valence-electron chi connectivity index (χ0n) is 8.95. The van der Waals surface area contributed by atoms with E-state index in [-0.39, 0.29) is 0 Å². The van der Waals surface area contributed by atoms with E-state index in [0.717, 1.165) is 29.8 Å². The Hall–Kier alpha value is -0.980. The molecule has 0 aromatic rings. The van der Waals surface area contributed by atoms with E-state index < -0.39 is 0 Å². The first-order valence-corrected chi connectivity index (χ1v) is 4.83. The van der Waals surface area contributed by atoms with Gasteiger partial charge in [-0.15, -0.1) is 0 Å². The molecule has 0 spiro atoms. The third-order valence-electron chi connectivity index (χ3n) is 1.94. The van der Waals surface area contributed by atoms with Gasteiger partial charge < -0.3 is 5.32 Å². The normalized spacial score (nSPS) is 9.38. The fraction of sp³-hybridized carbons (Fsp3) is 0.500. The number of rotatable bonds is 7. The highest BCUT2D eigenvalue weighted by molar-refractivity contribution is 5.26. The minimum absolute atomic E-state index is 0.818. The summed E-state index contributed by atoms with van der Waals surface area (Å²) in [5.41, 5.74) is 3.15. The Kier molecular flexibility index (Phi) is 6.03. The maximum atomic E-state index is 3.94. The van der Waals surface area contributed by atoms with Crippen LogP contribution in [0.5, 0.6) is 0 Å². The molecular weight excluding hydrogens is 158 g/mol. The van der Waals surface area contributed by atoms with E-state index in [1.807, 2.05) is 6.92 Å². The molecule has 0 unspecified atom stereocenters. The van der Waals surface area contributed by atoms with E-state index >= 15 is 0 Å². The van der Waals surface area contributed by atoms with Crippen LogP contribution < -0.4 is 5.32 Å². The van der Waals surface area contributed by atoms with Crippen molar-refractivity contribution in [3.8, 4) is 0 Å². The molecule has 0 saturated heterocycles.